The molecule has 2 nitrogen and oxygen atoms in total. The Balaban J connectivity index is 2.45. The minimum Gasteiger partial charge on any atom is -0.398 e. The summed E-state index contributed by atoms with van der Waals surface area (Å²) in [6.07, 6.45) is 0. The van der Waals surface area contributed by atoms with Gasteiger partial charge in [0.25, 0.3) is 0 Å². The molecule has 0 bridgehead atoms. The second-order valence-electron chi connectivity index (χ2n) is 3.69. The predicted molar refractivity (Wildman–Crippen MR) is 77.7 cm³/mol. The molecule has 0 saturated heterocycles. The van der Waals surface area contributed by atoms with Crippen molar-refractivity contribution < 1.29 is 0 Å². The highest BCUT2D eigenvalue weighted by atomic mass is 35.5. The first-order valence-electron chi connectivity index (χ1n) is 5.19. The van der Waals surface area contributed by atoms with Crippen LogP contribution in [0.15, 0.2) is 36.4 Å². The van der Waals surface area contributed by atoms with Gasteiger partial charge in [0.1, 0.15) is 0 Å². The van der Waals surface area contributed by atoms with Crippen LogP contribution in [0.4, 0.5) is 11.4 Å². The van der Waals surface area contributed by atoms with Gasteiger partial charge in [-0.2, -0.15) is 0 Å². The van der Waals surface area contributed by atoms with Crippen LogP contribution in [-0.2, 0) is 0 Å². The molecule has 0 radical (unpaired) electrons. The fourth-order valence-electron chi connectivity index (χ4n) is 1.43. The van der Waals surface area contributed by atoms with E-state index in [0.29, 0.717) is 27.0 Å². The molecular formula is C14H10Cl2N2. The first-order chi connectivity index (χ1) is 8.58. The van der Waals surface area contributed by atoms with E-state index < -0.39 is 0 Å². The van der Waals surface area contributed by atoms with Gasteiger partial charge in [0.15, 0.2) is 0 Å². The number of para-hydroxylation sites is 1. The second-order valence-corrected chi connectivity index (χ2v) is 4.53. The van der Waals surface area contributed by atoms with Gasteiger partial charge < -0.3 is 11.5 Å². The molecule has 0 aliphatic carbocycles. The Kier molecular flexibility index (Phi) is 3.66. The van der Waals surface area contributed by atoms with Gasteiger partial charge in [0.05, 0.1) is 16.3 Å². The van der Waals surface area contributed by atoms with Gasteiger partial charge in [-0.15, -0.1) is 0 Å². The number of benzene rings is 2. The summed E-state index contributed by atoms with van der Waals surface area (Å²) in [4.78, 5) is 0. The lowest BCUT2D eigenvalue weighted by Crippen LogP contribution is -1.92. The molecule has 4 heteroatoms. The fourth-order valence-corrected chi connectivity index (χ4v) is 1.93. The average Bonchev–Trinajstić information content (AvgIpc) is 2.33. The molecule has 0 amide bonds. The van der Waals surface area contributed by atoms with E-state index in [-0.39, 0.29) is 0 Å². The summed E-state index contributed by atoms with van der Waals surface area (Å²) in [5.74, 6) is 5.88. The molecule has 2 aromatic carbocycles. The summed E-state index contributed by atoms with van der Waals surface area (Å²) in [5.41, 5.74) is 14.0. The third-order valence-electron chi connectivity index (χ3n) is 2.39. The Morgan fingerprint density at radius 3 is 2.28 bits per heavy atom. The van der Waals surface area contributed by atoms with Gasteiger partial charge in [0, 0.05) is 16.3 Å². The molecule has 0 atom stereocenters. The fraction of sp³-hybridized carbons (Fsp3) is 0. The van der Waals surface area contributed by atoms with Crippen LogP contribution in [0, 0.1) is 11.8 Å². The largest absolute Gasteiger partial charge is 0.398 e. The third kappa shape index (κ3) is 2.70. The Bertz CT molecular complexity index is 655. The van der Waals surface area contributed by atoms with E-state index in [0.717, 1.165) is 5.56 Å². The maximum Gasteiger partial charge on any atom is 0.0663 e. The molecule has 2 rings (SSSR count). The van der Waals surface area contributed by atoms with Crippen LogP contribution in [0.2, 0.25) is 10.0 Å². The van der Waals surface area contributed by atoms with Crippen molar-refractivity contribution in [3.8, 4) is 11.8 Å². The molecule has 18 heavy (non-hydrogen) atoms. The number of nitrogen functional groups attached to an aromatic ring is 2. The topological polar surface area (TPSA) is 52.0 Å². The van der Waals surface area contributed by atoms with Crippen LogP contribution in [0.5, 0.6) is 0 Å². The summed E-state index contributed by atoms with van der Waals surface area (Å²) in [7, 11) is 0. The molecule has 4 N–H and O–H groups in total. The Morgan fingerprint density at radius 2 is 1.56 bits per heavy atom. The summed E-state index contributed by atoms with van der Waals surface area (Å²) in [5, 5.41) is 0.896. The van der Waals surface area contributed by atoms with E-state index >= 15 is 0 Å². The molecule has 0 saturated carbocycles. The molecule has 0 aromatic heterocycles. The van der Waals surface area contributed by atoms with Gasteiger partial charge in [-0.25, -0.2) is 0 Å². The zero-order valence-electron chi connectivity index (χ0n) is 9.37. The lowest BCUT2D eigenvalue weighted by atomic mass is 10.1. The molecule has 0 unspecified atom stereocenters. The van der Waals surface area contributed by atoms with E-state index in [9.17, 15) is 0 Å². The number of hydrogen-bond acceptors (Lipinski definition) is 2. The van der Waals surface area contributed by atoms with Gasteiger partial charge in [-0.05, 0) is 24.3 Å². The van der Waals surface area contributed by atoms with Gasteiger partial charge >= 0.3 is 0 Å². The zero-order chi connectivity index (χ0) is 13.1. The van der Waals surface area contributed by atoms with Gasteiger partial charge in [-0.1, -0.05) is 47.2 Å². The molecular weight excluding hydrogens is 267 g/mol. The van der Waals surface area contributed by atoms with Crippen LogP contribution < -0.4 is 11.5 Å². The zero-order valence-corrected chi connectivity index (χ0v) is 10.9. The number of nitrogens with two attached hydrogens (primary N) is 2. The van der Waals surface area contributed by atoms with Crippen molar-refractivity contribution in [2.75, 3.05) is 11.5 Å². The highest BCUT2D eigenvalue weighted by Crippen LogP contribution is 2.27. The SMILES string of the molecule is Nc1ccccc1C#Cc1cc(Cl)cc(Cl)c1N. The van der Waals surface area contributed by atoms with Gasteiger partial charge in [0.2, 0.25) is 0 Å². The smallest absolute Gasteiger partial charge is 0.0663 e. The van der Waals surface area contributed by atoms with Gasteiger partial charge in [-0.3, -0.25) is 0 Å². The number of anilines is 2. The van der Waals surface area contributed by atoms with Crippen LogP contribution in [-0.4, -0.2) is 0 Å². The number of halogens is 2. The standard InChI is InChI=1S/C14H10Cl2N2/c15-11-7-10(14(18)12(16)8-11)6-5-9-3-1-2-4-13(9)17/h1-4,7-8H,17-18H2. The Labute approximate surface area is 116 Å². The molecule has 0 aliphatic rings. The minimum atomic E-state index is 0.396. The summed E-state index contributed by atoms with van der Waals surface area (Å²) >= 11 is 11.8. The second kappa shape index (κ2) is 5.22. The first-order valence-corrected chi connectivity index (χ1v) is 5.94. The Hall–Kier alpha value is -1.82. The third-order valence-corrected chi connectivity index (χ3v) is 2.92. The normalized spacial score (nSPS) is 9.67. The first kappa shape index (κ1) is 12.6. The van der Waals surface area contributed by atoms with Crippen molar-refractivity contribution in [1.82, 2.24) is 0 Å². The highest BCUT2D eigenvalue weighted by Gasteiger charge is 2.03. The highest BCUT2D eigenvalue weighted by molar-refractivity contribution is 6.36. The van der Waals surface area contributed by atoms with Crippen LogP contribution >= 0.6 is 23.2 Å². The van der Waals surface area contributed by atoms with Crippen molar-refractivity contribution in [2.24, 2.45) is 0 Å². The maximum absolute atomic E-state index is 5.93. The average molecular weight is 277 g/mol. The van der Waals surface area contributed by atoms with Crippen molar-refractivity contribution in [2.45, 2.75) is 0 Å². The van der Waals surface area contributed by atoms with Crippen LogP contribution in [0.1, 0.15) is 11.1 Å². The lowest BCUT2D eigenvalue weighted by Gasteiger charge is -2.02. The van der Waals surface area contributed by atoms with Crippen molar-refractivity contribution in [3.63, 3.8) is 0 Å². The van der Waals surface area contributed by atoms with E-state index in [1.54, 1.807) is 18.2 Å². The van der Waals surface area contributed by atoms with Crippen LogP contribution in [0.3, 0.4) is 0 Å². The summed E-state index contributed by atoms with van der Waals surface area (Å²) in [6.45, 7) is 0. The molecule has 0 fully saturated rings. The van der Waals surface area contributed by atoms with Crippen molar-refractivity contribution in [1.29, 1.82) is 0 Å². The number of rotatable bonds is 0. The predicted octanol–water partition coefficient (Wildman–Crippen LogP) is 3.56. The molecule has 90 valence electrons. The maximum atomic E-state index is 5.93. The van der Waals surface area contributed by atoms with E-state index in [1.165, 1.54) is 0 Å². The number of hydrogen-bond donors (Lipinski definition) is 2. The molecule has 0 heterocycles. The summed E-state index contributed by atoms with van der Waals surface area (Å²) < 4.78 is 0. The minimum absolute atomic E-state index is 0.396. The quantitative estimate of drug-likeness (QED) is 0.571. The monoisotopic (exact) mass is 276 g/mol. The van der Waals surface area contributed by atoms with E-state index in [1.807, 2.05) is 18.2 Å². The summed E-state index contributed by atoms with van der Waals surface area (Å²) in [6, 6.07) is 10.6. The molecule has 0 spiro atoms. The van der Waals surface area contributed by atoms with E-state index in [2.05, 4.69) is 11.8 Å². The van der Waals surface area contributed by atoms with E-state index in [4.69, 9.17) is 34.7 Å². The van der Waals surface area contributed by atoms with Crippen LogP contribution in [0.25, 0.3) is 0 Å². The molecule has 0 aliphatic heterocycles. The van der Waals surface area contributed by atoms with Crippen molar-refractivity contribution in [3.05, 3.63) is 57.6 Å². The van der Waals surface area contributed by atoms with Crippen molar-refractivity contribution >= 4 is 34.6 Å². The Morgan fingerprint density at radius 1 is 0.889 bits per heavy atom. The lowest BCUT2D eigenvalue weighted by molar-refractivity contribution is 1.60. The molecule has 2 aromatic rings.